The van der Waals surface area contributed by atoms with Crippen molar-refractivity contribution in [3.05, 3.63) is 76.9 Å². The standard InChI is InChI=1S/C22H15NO5S2/c1-27-16-7-5-15(6-8-16)23-20(24)19(30-22(23)29)12-17-9-10-18(28-17)13-3-2-4-14(11-13)21(25)26/h2-12H,1H3,(H,25,26)/b19-12+. The molecule has 3 aromatic rings. The number of carboxylic acids is 1. The Hall–Kier alpha value is -3.36. The molecule has 0 radical (unpaired) electrons. The molecule has 8 heteroatoms. The zero-order chi connectivity index (χ0) is 21.3. The summed E-state index contributed by atoms with van der Waals surface area (Å²) in [5.74, 6) is 0.428. The fourth-order valence-electron chi connectivity index (χ4n) is 2.94. The number of aromatic carboxylic acids is 1. The van der Waals surface area contributed by atoms with Crippen LogP contribution in [0.25, 0.3) is 17.4 Å². The van der Waals surface area contributed by atoms with Crippen LogP contribution in [0.5, 0.6) is 5.75 Å². The molecule has 0 aliphatic carbocycles. The number of ether oxygens (including phenoxy) is 1. The van der Waals surface area contributed by atoms with Crippen LogP contribution in [0, 0.1) is 0 Å². The van der Waals surface area contributed by atoms with Crippen LogP contribution in [-0.4, -0.2) is 28.4 Å². The van der Waals surface area contributed by atoms with Gasteiger partial charge in [-0.05, 0) is 48.5 Å². The smallest absolute Gasteiger partial charge is 0.335 e. The summed E-state index contributed by atoms with van der Waals surface area (Å²) in [4.78, 5) is 26.0. The van der Waals surface area contributed by atoms with Gasteiger partial charge in [-0.25, -0.2) is 4.79 Å². The molecule has 150 valence electrons. The van der Waals surface area contributed by atoms with Gasteiger partial charge in [0.1, 0.15) is 17.3 Å². The molecule has 1 aliphatic rings. The van der Waals surface area contributed by atoms with Crippen LogP contribution in [0.2, 0.25) is 0 Å². The number of benzene rings is 2. The van der Waals surface area contributed by atoms with Crippen molar-refractivity contribution in [2.45, 2.75) is 0 Å². The van der Waals surface area contributed by atoms with Crippen LogP contribution < -0.4 is 9.64 Å². The molecular formula is C22H15NO5S2. The Bertz CT molecular complexity index is 1180. The molecule has 0 saturated carbocycles. The number of amides is 1. The Labute approximate surface area is 181 Å². The molecule has 0 bridgehead atoms. The van der Waals surface area contributed by atoms with E-state index in [4.69, 9.17) is 26.5 Å². The number of hydrogen-bond acceptors (Lipinski definition) is 6. The number of hydrogen-bond donors (Lipinski definition) is 1. The second-order valence-corrected chi connectivity index (χ2v) is 7.98. The van der Waals surface area contributed by atoms with E-state index in [1.807, 2.05) is 0 Å². The molecule has 1 aliphatic heterocycles. The molecule has 1 saturated heterocycles. The zero-order valence-corrected chi connectivity index (χ0v) is 17.3. The SMILES string of the molecule is COc1ccc(N2C(=O)/C(=C\c3ccc(-c4cccc(C(=O)O)c4)o3)SC2=S)cc1. The fraction of sp³-hybridized carbons (Fsp3) is 0.0455. The van der Waals surface area contributed by atoms with Crippen molar-refractivity contribution >= 4 is 51.9 Å². The third kappa shape index (κ3) is 3.87. The van der Waals surface area contributed by atoms with Crippen molar-refractivity contribution in [1.29, 1.82) is 0 Å². The van der Waals surface area contributed by atoms with Gasteiger partial charge in [-0.3, -0.25) is 9.69 Å². The summed E-state index contributed by atoms with van der Waals surface area (Å²) < 4.78 is 11.4. The van der Waals surface area contributed by atoms with Gasteiger partial charge in [-0.2, -0.15) is 0 Å². The van der Waals surface area contributed by atoms with Crippen molar-refractivity contribution in [2.24, 2.45) is 0 Å². The summed E-state index contributed by atoms with van der Waals surface area (Å²) in [5.41, 5.74) is 1.47. The molecule has 2 aromatic carbocycles. The van der Waals surface area contributed by atoms with Gasteiger partial charge in [-0.1, -0.05) is 36.1 Å². The van der Waals surface area contributed by atoms with Gasteiger partial charge in [0, 0.05) is 11.6 Å². The van der Waals surface area contributed by atoms with Crippen LogP contribution in [0.15, 0.2) is 70.0 Å². The predicted molar refractivity (Wildman–Crippen MR) is 120 cm³/mol. The number of carbonyl (C=O) groups is 2. The Morgan fingerprint density at radius 1 is 1.17 bits per heavy atom. The molecule has 0 spiro atoms. The average molecular weight is 437 g/mol. The van der Waals surface area contributed by atoms with Gasteiger partial charge in [0.05, 0.1) is 23.3 Å². The zero-order valence-electron chi connectivity index (χ0n) is 15.7. The molecule has 2 heterocycles. The van der Waals surface area contributed by atoms with E-state index >= 15 is 0 Å². The molecule has 1 amide bonds. The maximum absolute atomic E-state index is 12.9. The van der Waals surface area contributed by atoms with Crippen molar-refractivity contribution in [3.8, 4) is 17.1 Å². The molecule has 6 nitrogen and oxygen atoms in total. The summed E-state index contributed by atoms with van der Waals surface area (Å²) in [6, 6.07) is 17.0. The first kappa shape index (κ1) is 19.9. The monoisotopic (exact) mass is 437 g/mol. The molecule has 0 atom stereocenters. The average Bonchev–Trinajstić information content (AvgIpc) is 3.33. The minimum Gasteiger partial charge on any atom is -0.497 e. The lowest BCUT2D eigenvalue weighted by molar-refractivity contribution is -0.113. The molecular weight excluding hydrogens is 422 g/mol. The Morgan fingerprint density at radius 2 is 1.93 bits per heavy atom. The Kier molecular flexibility index (Phi) is 5.43. The van der Waals surface area contributed by atoms with Crippen molar-refractivity contribution in [3.63, 3.8) is 0 Å². The highest BCUT2D eigenvalue weighted by atomic mass is 32.2. The number of carboxylic acid groups (broad SMARTS) is 1. The highest BCUT2D eigenvalue weighted by molar-refractivity contribution is 8.27. The molecule has 0 unspecified atom stereocenters. The lowest BCUT2D eigenvalue weighted by Crippen LogP contribution is -2.27. The lowest BCUT2D eigenvalue weighted by atomic mass is 10.1. The van der Waals surface area contributed by atoms with Gasteiger partial charge < -0.3 is 14.3 Å². The van der Waals surface area contributed by atoms with E-state index in [0.717, 1.165) is 0 Å². The number of nitrogens with zero attached hydrogens (tertiary/aromatic N) is 1. The predicted octanol–water partition coefficient (Wildman–Crippen LogP) is 5.06. The van der Waals surface area contributed by atoms with Gasteiger partial charge >= 0.3 is 5.97 Å². The van der Waals surface area contributed by atoms with Crippen LogP contribution in [-0.2, 0) is 4.79 Å². The van der Waals surface area contributed by atoms with E-state index in [1.165, 1.54) is 28.8 Å². The number of thioether (sulfide) groups is 1. The first-order chi connectivity index (χ1) is 14.5. The van der Waals surface area contributed by atoms with Crippen molar-refractivity contribution < 1.29 is 23.8 Å². The maximum Gasteiger partial charge on any atom is 0.335 e. The normalized spacial score (nSPS) is 15.1. The van der Waals surface area contributed by atoms with Crippen LogP contribution in [0.1, 0.15) is 16.1 Å². The number of furan rings is 1. The van der Waals surface area contributed by atoms with Gasteiger partial charge in [0.15, 0.2) is 4.32 Å². The van der Waals surface area contributed by atoms with Crippen molar-refractivity contribution in [2.75, 3.05) is 12.0 Å². The van der Waals surface area contributed by atoms with Crippen LogP contribution >= 0.6 is 24.0 Å². The third-order valence-corrected chi connectivity index (χ3v) is 5.72. The van der Waals surface area contributed by atoms with E-state index in [9.17, 15) is 9.59 Å². The molecule has 1 aromatic heterocycles. The van der Waals surface area contributed by atoms with E-state index in [2.05, 4.69) is 0 Å². The maximum atomic E-state index is 12.9. The number of methoxy groups -OCH3 is 1. The highest BCUT2D eigenvalue weighted by Crippen LogP contribution is 2.37. The second-order valence-electron chi connectivity index (χ2n) is 6.30. The van der Waals surface area contributed by atoms with E-state index < -0.39 is 5.97 Å². The summed E-state index contributed by atoms with van der Waals surface area (Å²) in [6.07, 6.45) is 1.63. The largest absolute Gasteiger partial charge is 0.497 e. The number of thiocarbonyl (C=S) groups is 1. The number of anilines is 1. The minimum absolute atomic E-state index is 0.172. The summed E-state index contributed by atoms with van der Waals surface area (Å²) >= 11 is 6.58. The first-order valence-electron chi connectivity index (χ1n) is 8.82. The van der Waals surface area contributed by atoms with Crippen LogP contribution in [0.3, 0.4) is 0 Å². The topological polar surface area (TPSA) is 80.0 Å². The van der Waals surface area contributed by atoms with E-state index in [0.29, 0.717) is 37.7 Å². The molecule has 1 N–H and O–H groups in total. The summed E-state index contributed by atoms with van der Waals surface area (Å²) in [7, 11) is 1.58. The fourth-order valence-corrected chi connectivity index (χ4v) is 4.22. The first-order valence-corrected chi connectivity index (χ1v) is 10.0. The van der Waals surface area contributed by atoms with E-state index in [1.54, 1.807) is 61.7 Å². The summed E-state index contributed by atoms with van der Waals surface area (Å²) in [5, 5.41) is 9.15. The van der Waals surface area contributed by atoms with Gasteiger partial charge in [0.25, 0.3) is 5.91 Å². The van der Waals surface area contributed by atoms with Crippen LogP contribution in [0.4, 0.5) is 5.69 Å². The quantitative estimate of drug-likeness (QED) is 0.441. The van der Waals surface area contributed by atoms with Gasteiger partial charge in [0.2, 0.25) is 0 Å². The Balaban J connectivity index is 1.58. The van der Waals surface area contributed by atoms with Crippen molar-refractivity contribution in [1.82, 2.24) is 0 Å². The minimum atomic E-state index is -1.01. The third-order valence-electron chi connectivity index (χ3n) is 4.42. The lowest BCUT2D eigenvalue weighted by Gasteiger charge is -2.14. The molecule has 30 heavy (non-hydrogen) atoms. The second kappa shape index (κ2) is 8.17. The number of rotatable bonds is 5. The van der Waals surface area contributed by atoms with Gasteiger partial charge in [-0.15, -0.1) is 0 Å². The molecule has 4 rings (SSSR count). The summed E-state index contributed by atoms with van der Waals surface area (Å²) in [6.45, 7) is 0. The van der Waals surface area contributed by atoms with E-state index in [-0.39, 0.29) is 11.5 Å². The number of carbonyl (C=O) groups excluding carboxylic acids is 1. The highest BCUT2D eigenvalue weighted by Gasteiger charge is 2.33. The Morgan fingerprint density at radius 3 is 2.63 bits per heavy atom. The molecule has 1 fully saturated rings.